The summed E-state index contributed by atoms with van der Waals surface area (Å²) in [7, 11) is 0. The topological polar surface area (TPSA) is 3.24 Å². The van der Waals surface area contributed by atoms with E-state index in [1.807, 2.05) is 18.2 Å². The summed E-state index contributed by atoms with van der Waals surface area (Å²) in [6.45, 7) is 6.71. The maximum Gasteiger partial charge on any atom is 2.00 e. The van der Waals surface area contributed by atoms with Gasteiger partial charge in [0.1, 0.15) is 0 Å². The number of hydrogen-bond acceptors (Lipinski definition) is 1. The van der Waals surface area contributed by atoms with Crippen molar-refractivity contribution < 1.29 is 17.0 Å². The first-order chi connectivity index (χ1) is 11.1. The first-order valence-electron chi connectivity index (χ1n) is 7.98. The molecule has 3 rings (SSSR count). The van der Waals surface area contributed by atoms with Gasteiger partial charge in [0.25, 0.3) is 0 Å². The molecule has 0 fully saturated rings. The Hall–Kier alpha value is -1.29. The molecule has 0 amide bonds. The second kappa shape index (κ2) is 9.42. The van der Waals surface area contributed by atoms with Crippen molar-refractivity contribution in [3.8, 4) is 0 Å². The largest absolute Gasteiger partial charge is 2.00 e. The van der Waals surface area contributed by atoms with E-state index in [0.29, 0.717) is 0 Å². The summed E-state index contributed by atoms with van der Waals surface area (Å²) in [6, 6.07) is 30.7. The van der Waals surface area contributed by atoms with E-state index in [-0.39, 0.29) is 45.4 Å². The number of para-hydroxylation sites is 2. The normalized spacial score (nSPS) is 10.4. The van der Waals surface area contributed by atoms with E-state index in [1.165, 1.54) is 5.56 Å². The number of benzene rings is 3. The SMILES string of the molecule is CC(C)(C)c1cc[c-]c(N(c2ccccc2)c2ccccc2)c1.[Br-].[Mg+2]. The predicted octanol–water partition coefficient (Wildman–Crippen LogP) is 2.88. The Morgan fingerprint density at radius 2 is 1.24 bits per heavy atom. The second-order valence-electron chi connectivity index (χ2n) is 6.72. The minimum Gasteiger partial charge on any atom is -1.00 e. The van der Waals surface area contributed by atoms with Crippen LogP contribution >= 0.6 is 0 Å². The number of nitrogens with zero attached hydrogens (tertiary/aromatic N) is 1. The Morgan fingerprint density at radius 3 is 1.68 bits per heavy atom. The third kappa shape index (κ3) is 5.34. The van der Waals surface area contributed by atoms with Crippen molar-refractivity contribution in [2.75, 3.05) is 4.90 Å². The van der Waals surface area contributed by atoms with Gasteiger partial charge in [-0.25, -0.2) is 0 Å². The molecule has 3 aromatic carbocycles. The van der Waals surface area contributed by atoms with Crippen LogP contribution in [-0.4, -0.2) is 23.1 Å². The van der Waals surface area contributed by atoms with E-state index in [2.05, 4.69) is 92.4 Å². The van der Waals surface area contributed by atoms with E-state index in [4.69, 9.17) is 0 Å². The average Bonchev–Trinajstić information content (AvgIpc) is 2.57. The summed E-state index contributed by atoms with van der Waals surface area (Å²) in [5.41, 5.74) is 4.77. The molecule has 0 aliphatic heterocycles. The van der Waals surface area contributed by atoms with Crippen LogP contribution in [0.4, 0.5) is 17.1 Å². The molecule has 25 heavy (non-hydrogen) atoms. The van der Waals surface area contributed by atoms with Crippen molar-refractivity contribution in [2.24, 2.45) is 0 Å². The molecule has 0 aliphatic rings. The smallest absolute Gasteiger partial charge is 1.00 e. The van der Waals surface area contributed by atoms with Gasteiger partial charge in [-0.05, 0) is 29.7 Å². The molecule has 0 heterocycles. The summed E-state index contributed by atoms with van der Waals surface area (Å²) >= 11 is 0. The molecule has 0 unspecified atom stereocenters. The quantitative estimate of drug-likeness (QED) is 0.479. The third-order valence-electron chi connectivity index (χ3n) is 3.92. The molecule has 3 aromatic rings. The number of halogens is 1. The van der Waals surface area contributed by atoms with Gasteiger partial charge in [0.05, 0.1) is 0 Å². The fourth-order valence-corrected chi connectivity index (χ4v) is 2.63. The predicted molar refractivity (Wildman–Crippen MR) is 104 cm³/mol. The van der Waals surface area contributed by atoms with Crippen LogP contribution in [0.5, 0.6) is 0 Å². The van der Waals surface area contributed by atoms with Crippen LogP contribution in [-0.2, 0) is 5.41 Å². The number of anilines is 3. The van der Waals surface area contributed by atoms with Gasteiger partial charge in [-0.1, -0.05) is 62.9 Å². The van der Waals surface area contributed by atoms with Gasteiger partial charge in [-0.15, -0.1) is 6.07 Å². The van der Waals surface area contributed by atoms with E-state index < -0.39 is 0 Å². The van der Waals surface area contributed by atoms with E-state index in [1.54, 1.807) is 0 Å². The molecule has 0 saturated heterocycles. The third-order valence-corrected chi connectivity index (χ3v) is 3.92. The molecule has 0 atom stereocenters. The van der Waals surface area contributed by atoms with Crippen LogP contribution in [0.3, 0.4) is 0 Å². The summed E-state index contributed by atoms with van der Waals surface area (Å²) < 4.78 is 0. The van der Waals surface area contributed by atoms with Crippen LogP contribution in [0.1, 0.15) is 26.3 Å². The van der Waals surface area contributed by atoms with Gasteiger partial charge >= 0.3 is 23.1 Å². The Morgan fingerprint density at radius 1 is 0.760 bits per heavy atom. The maximum atomic E-state index is 3.40. The zero-order valence-corrected chi connectivity index (χ0v) is 18.0. The van der Waals surface area contributed by atoms with Crippen LogP contribution in [0.2, 0.25) is 0 Å². The zero-order valence-electron chi connectivity index (χ0n) is 15.0. The Kier molecular flexibility index (Phi) is 8.19. The van der Waals surface area contributed by atoms with E-state index in [9.17, 15) is 0 Å². The van der Waals surface area contributed by atoms with Gasteiger partial charge in [0, 0.05) is 11.4 Å². The Bertz CT molecular complexity index is 727. The first-order valence-corrected chi connectivity index (χ1v) is 7.98. The molecule has 0 bridgehead atoms. The van der Waals surface area contributed by atoms with Crippen LogP contribution in [0.15, 0.2) is 78.9 Å². The van der Waals surface area contributed by atoms with Crippen molar-refractivity contribution in [2.45, 2.75) is 26.2 Å². The molecular formula is C22H22BrMgN. The second-order valence-corrected chi connectivity index (χ2v) is 6.72. The molecule has 0 radical (unpaired) electrons. The summed E-state index contributed by atoms with van der Waals surface area (Å²) in [4.78, 5) is 2.25. The van der Waals surface area contributed by atoms with Gasteiger partial charge in [0.15, 0.2) is 0 Å². The Labute approximate surface area is 178 Å². The van der Waals surface area contributed by atoms with Crippen LogP contribution in [0.25, 0.3) is 0 Å². The Balaban J connectivity index is 0.00000156. The zero-order chi connectivity index (χ0) is 16.3. The summed E-state index contributed by atoms with van der Waals surface area (Å²) in [5.74, 6) is 0. The van der Waals surface area contributed by atoms with Crippen LogP contribution < -0.4 is 21.9 Å². The fraction of sp³-hybridized carbons (Fsp3) is 0.182. The van der Waals surface area contributed by atoms with Crippen molar-refractivity contribution in [1.29, 1.82) is 0 Å². The standard InChI is InChI=1S/C22H22N.BrH.Mg/c1-22(2,3)18-11-10-16-21(17-18)23(19-12-6-4-7-13-19)20-14-8-5-9-15-20;;/h4-15,17H,1-3H3;1H;/q-1;;+2/p-1. The van der Waals surface area contributed by atoms with Gasteiger partial charge in [0.2, 0.25) is 0 Å². The van der Waals surface area contributed by atoms with Crippen LogP contribution in [0, 0.1) is 6.07 Å². The maximum absolute atomic E-state index is 3.40. The first kappa shape index (κ1) is 21.7. The molecule has 0 aliphatic carbocycles. The van der Waals surface area contributed by atoms with Gasteiger partial charge in [-0.3, -0.25) is 0 Å². The molecule has 0 spiro atoms. The average molecular weight is 405 g/mol. The van der Waals surface area contributed by atoms with E-state index in [0.717, 1.165) is 17.1 Å². The number of hydrogen-bond donors (Lipinski definition) is 0. The van der Waals surface area contributed by atoms with Crippen molar-refractivity contribution in [1.82, 2.24) is 0 Å². The van der Waals surface area contributed by atoms with Crippen molar-refractivity contribution in [3.05, 3.63) is 90.5 Å². The van der Waals surface area contributed by atoms with Crippen molar-refractivity contribution in [3.63, 3.8) is 0 Å². The molecule has 1 nitrogen and oxygen atoms in total. The minimum absolute atomic E-state index is 0. The van der Waals surface area contributed by atoms with Gasteiger partial charge in [-0.2, -0.15) is 23.8 Å². The van der Waals surface area contributed by atoms with Crippen molar-refractivity contribution >= 4 is 40.1 Å². The molecule has 0 saturated carbocycles. The number of rotatable bonds is 3. The van der Waals surface area contributed by atoms with Gasteiger partial charge < -0.3 is 21.9 Å². The summed E-state index contributed by atoms with van der Waals surface area (Å²) in [5, 5.41) is 0. The molecule has 0 N–H and O–H groups in total. The molecular weight excluding hydrogens is 382 g/mol. The molecule has 3 heteroatoms. The molecule has 124 valence electrons. The minimum atomic E-state index is 0. The fourth-order valence-electron chi connectivity index (χ4n) is 2.63. The summed E-state index contributed by atoms with van der Waals surface area (Å²) in [6.07, 6.45) is 0. The van der Waals surface area contributed by atoms with E-state index >= 15 is 0 Å². The monoisotopic (exact) mass is 403 g/mol. The molecule has 0 aromatic heterocycles.